The largest absolute Gasteiger partial charge is 0.390 e. The Kier molecular flexibility index (Phi) is 3.30. The van der Waals surface area contributed by atoms with Crippen molar-refractivity contribution in [3.8, 4) is 0 Å². The van der Waals surface area contributed by atoms with Crippen LogP contribution >= 0.6 is 0 Å². The standard InChI is InChI=1S/C13H26O/c1-10(2)11-8-13(14,9-11)7-6-12(3,4)5/h10-11,14H,6-9H2,1-5H3. The zero-order valence-electron chi connectivity index (χ0n) is 10.4. The fraction of sp³-hybridized carbons (Fsp3) is 1.00. The van der Waals surface area contributed by atoms with E-state index in [0.717, 1.165) is 37.5 Å². The van der Waals surface area contributed by atoms with Gasteiger partial charge in [0.1, 0.15) is 0 Å². The van der Waals surface area contributed by atoms with Crippen LogP contribution in [0.2, 0.25) is 0 Å². The maximum absolute atomic E-state index is 10.2. The predicted octanol–water partition coefficient (Wildman–Crippen LogP) is 3.61. The van der Waals surface area contributed by atoms with Crippen molar-refractivity contribution in [3.63, 3.8) is 0 Å². The molecule has 14 heavy (non-hydrogen) atoms. The number of hydrogen-bond donors (Lipinski definition) is 1. The summed E-state index contributed by atoms with van der Waals surface area (Å²) in [5, 5.41) is 10.2. The average molecular weight is 198 g/mol. The molecule has 0 aromatic carbocycles. The third kappa shape index (κ3) is 3.27. The van der Waals surface area contributed by atoms with Gasteiger partial charge in [0.2, 0.25) is 0 Å². The highest BCUT2D eigenvalue weighted by atomic mass is 16.3. The van der Waals surface area contributed by atoms with E-state index in [0.29, 0.717) is 5.41 Å². The van der Waals surface area contributed by atoms with E-state index >= 15 is 0 Å². The Morgan fingerprint density at radius 1 is 1.29 bits per heavy atom. The molecule has 0 heterocycles. The molecule has 1 N–H and O–H groups in total. The van der Waals surface area contributed by atoms with E-state index in [1.54, 1.807) is 0 Å². The molecule has 1 aliphatic carbocycles. The van der Waals surface area contributed by atoms with Crippen molar-refractivity contribution in [3.05, 3.63) is 0 Å². The van der Waals surface area contributed by atoms with Gasteiger partial charge in [0.05, 0.1) is 5.60 Å². The summed E-state index contributed by atoms with van der Waals surface area (Å²) in [6.45, 7) is 11.3. The molecule has 1 fully saturated rings. The van der Waals surface area contributed by atoms with Crippen LogP contribution in [0.25, 0.3) is 0 Å². The monoisotopic (exact) mass is 198 g/mol. The molecule has 0 aromatic rings. The lowest BCUT2D eigenvalue weighted by molar-refractivity contribution is -0.0975. The highest BCUT2D eigenvalue weighted by Gasteiger charge is 2.43. The maximum Gasteiger partial charge on any atom is 0.0653 e. The summed E-state index contributed by atoms with van der Waals surface area (Å²) in [6.07, 6.45) is 4.18. The second kappa shape index (κ2) is 3.84. The highest BCUT2D eigenvalue weighted by Crippen LogP contribution is 2.45. The van der Waals surface area contributed by atoms with E-state index in [9.17, 15) is 5.11 Å². The topological polar surface area (TPSA) is 20.2 Å². The first-order valence-corrected chi connectivity index (χ1v) is 5.94. The lowest BCUT2D eigenvalue weighted by Gasteiger charge is -2.46. The SMILES string of the molecule is CC(C)C1CC(O)(CCC(C)(C)C)C1. The number of hydrogen-bond acceptors (Lipinski definition) is 1. The van der Waals surface area contributed by atoms with Gasteiger partial charge in [0, 0.05) is 0 Å². The summed E-state index contributed by atoms with van der Waals surface area (Å²) in [5.41, 5.74) is 0.0425. The molecule has 0 radical (unpaired) electrons. The quantitative estimate of drug-likeness (QED) is 0.734. The fourth-order valence-corrected chi connectivity index (χ4v) is 2.20. The Labute approximate surface area is 88.9 Å². The minimum Gasteiger partial charge on any atom is -0.390 e. The molecule has 0 saturated heterocycles. The van der Waals surface area contributed by atoms with E-state index in [1.165, 1.54) is 0 Å². The Hall–Kier alpha value is -0.0400. The van der Waals surface area contributed by atoms with Gasteiger partial charge in [-0.1, -0.05) is 34.6 Å². The first kappa shape index (κ1) is 12.0. The van der Waals surface area contributed by atoms with Crippen molar-refractivity contribution in [2.45, 2.75) is 65.9 Å². The fourth-order valence-electron chi connectivity index (χ4n) is 2.20. The molecule has 0 aliphatic heterocycles. The van der Waals surface area contributed by atoms with Crippen molar-refractivity contribution >= 4 is 0 Å². The van der Waals surface area contributed by atoms with Gasteiger partial charge in [-0.25, -0.2) is 0 Å². The first-order chi connectivity index (χ1) is 6.22. The zero-order valence-corrected chi connectivity index (χ0v) is 10.4. The molecule has 84 valence electrons. The van der Waals surface area contributed by atoms with Crippen LogP contribution < -0.4 is 0 Å². The van der Waals surface area contributed by atoms with Crippen molar-refractivity contribution in [2.24, 2.45) is 17.3 Å². The van der Waals surface area contributed by atoms with E-state index in [2.05, 4.69) is 34.6 Å². The first-order valence-electron chi connectivity index (χ1n) is 5.94. The third-order valence-electron chi connectivity index (χ3n) is 3.57. The predicted molar refractivity (Wildman–Crippen MR) is 61.2 cm³/mol. The lowest BCUT2D eigenvalue weighted by Crippen LogP contribution is -2.46. The molecule has 1 saturated carbocycles. The van der Waals surface area contributed by atoms with Crippen molar-refractivity contribution in [1.82, 2.24) is 0 Å². The summed E-state index contributed by atoms with van der Waals surface area (Å²) in [5.74, 6) is 1.50. The zero-order chi connectivity index (χ0) is 11.0. The van der Waals surface area contributed by atoms with Gasteiger partial charge in [-0.2, -0.15) is 0 Å². The molecule has 1 heteroatoms. The molecule has 0 amide bonds. The average Bonchev–Trinajstić information content (AvgIpc) is 1.93. The van der Waals surface area contributed by atoms with Crippen LogP contribution in [-0.4, -0.2) is 10.7 Å². The van der Waals surface area contributed by atoms with Crippen LogP contribution in [0.5, 0.6) is 0 Å². The Morgan fingerprint density at radius 2 is 1.79 bits per heavy atom. The molecule has 0 unspecified atom stereocenters. The minimum absolute atomic E-state index is 0.317. The number of aliphatic hydroxyl groups is 1. The van der Waals surface area contributed by atoms with Crippen LogP contribution in [0.1, 0.15) is 60.3 Å². The Morgan fingerprint density at radius 3 is 2.14 bits per heavy atom. The molecule has 0 atom stereocenters. The van der Waals surface area contributed by atoms with Gasteiger partial charge >= 0.3 is 0 Å². The highest BCUT2D eigenvalue weighted by molar-refractivity contribution is 4.95. The molecule has 1 rings (SSSR count). The third-order valence-corrected chi connectivity index (χ3v) is 3.57. The second-order valence-corrected chi connectivity index (χ2v) is 6.70. The summed E-state index contributed by atoms with van der Waals surface area (Å²) in [7, 11) is 0. The molecule has 0 aromatic heterocycles. The summed E-state index contributed by atoms with van der Waals surface area (Å²) >= 11 is 0. The minimum atomic E-state index is -0.317. The van der Waals surface area contributed by atoms with E-state index in [-0.39, 0.29) is 5.60 Å². The van der Waals surface area contributed by atoms with Crippen LogP contribution in [-0.2, 0) is 0 Å². The van der Waals surface area contributed by atoms with Gasteiger partial charge in [0.15, 0.2) is 0 Å². The van der Waals surface area contributed by atoms with Crippen LogP contribution in [0.4, 0.5) is 0 Å². The number of rotatable bonds is 3. The second-order valence-electron chi connectivity index (χ2n) is 6.70. The van der Waals surface area contributed by atoms with Crippen LogP contribution in [0.15, 0.2) is 0 Å². The van der Waals surface area contributed by atoms with Gasteiger partial charge in [0.25, 0.3) is 0 Å². The normalized spacial score (nSPS) is 33.2. The lowest BCUT2D eigenvalue weighted by atomic mass is 9.63. The van der Waals surface area contributed by atoms with Crippen molar-refractivity contribution in [2.75, 3.05) is 0 Å². The Bertz CT molecular complexity index is 182. The molecule has 1 aliphatic rings. The molecule has 1 nitrogen and oxygen atoms in total. The van der Waals surface area contributed by atoms with Gasteiger partial charge in [-0.15, -0.1) is 0 Å². The Balaban J connectivity index is 2.28. The molecule has 0 bridgehead atoms. The van der Waals surface area contributed by atoms with E-state index < -0.39 is 0 Å². The summed E-state index contributed by atoms with van der Waals surface area (Å²) in [4.78, 5) is 0. The van der Waals surface area contributed by atoms with Gasteiger partial charge in [-0.05, 0) is 42.9 Å². The molecule has 0 spiro atoms. The van der Waals surface area contributed by atoms with Crippen LogP contribution in [0, 0.1) is 17.3 Å². The van der Waals surface area contributed by atoms with Crippen molar-refractivity contribution < 1.29 is 5.11 Å². The van der Waals surface area contributed by atoms with Gasteiger partial charge in [-0.3, -0.25) is 0 Å². The van der Waals surface area contributed by atoms with E-state index in [4.69, 9.17) is 0 Å². The van der Waals surface area contributed by atoms with E-state index in [1.807, 2.05) is 0 Å². The van der Waals surface area contributed by atoms with Crippen molar-refractivity contribution in [1.29, 1.82) is 0 Å². The van der Waals surface area contributed by atoms with Crippen LogP contribution in [0.3, 0.4) is 0 Å². The summed E-state index contributed by atoms with van der Waals surface area (Å²) < 4.78 is 0. The molecular formula is C13H26O. The smallest absolute Gasteiger partial charge is 0.0653 e. The molecular weight excluding hydrogens is 172 g/mol. The van der Waals surface area contributed by atoms with Gasteiger partial charge < -0.3 is 5.11 Å². The maximum atomic E-state index is 10.2. The summed E-state index contributed by atoms with van der Waals surface area (Å²) in [6, 6.07) is 0.